The van der Waals surface area contributed by atoms with Crippen LogP contribution in [0.2, 0.25) is 5.02 Å². The van der Waals surface area contributed by atoms with Crippen molar-refractivity contribution in [3.63, 3.8) is 0 Å². The van der Waals surface area contributed by atoms with Crippen LogP contribution in [-0.2, 0) is 9.53 Å². The number of carbonyl (C=O) groups is 1. The number of benzene rings is 2. The number of halogens is 1. The van der Waals surface area contributed by atoms with Gasteiger partial charge in [0, 0.05) is 18.4 Å². The molecule has 0 amide bonds. The molecule has 2 aromatic carbocycles. The van der Waals surface area contributed by atoms with Crippen LogP contribution >= 0.6 is 11.6 Å². The highest BCUT2D eigenvalue weighted by Gasteiger charge is 2.04. The second-order valence-corrected chi connectivity index (χ2v) is 5.06. The molecule has 2 aromatic rings. The fourth-order valence-corrected chi connectivity index (χ4v) is 2.18. The Kier molecular flexibility index (Phi) is 5.59. The Morgan fingerprint density at radius 2 is 1.67 bits per heavy atom. The lowest BCUT2D eigenvalue weighted by molar-refractivity contribution is -0.140. The van der Waals surface area contributed by atoms with E-state index in [1.807, 2.05) is 42.5 Å². The molecule has 3 heteroatoms. The van der Waals surface area contributed by atoms with Gasteiger partial charge in [-0.15, -0.1) is 0 Å². The molecule has 2 nitrogen and oxygen atoms in total. The molecule has 21 heavy (non-hydrogen) atoms. The first-order valence-electron chi connectivity index (χ1n) is 6.81. The number of esters is 1. The molecule has 0 spiro atoms. The minimum Gasteiger partial charge on any atom is -0.466 e. The largest absolute Gasteiger partial charge is 0.466 e. The highest BCUT2D eigenvalue weighted by molar-refractivity contribution is 6.30. The third-order valence-corrected chi connectivity index (χ3v) is 3.26. The Morgan fingerprint density at radius 3 is 2.29 bits per heavy atom. The number of ether oxygens (including phenoxy) is 1. The van der Waals surface area contributed by atoms with Crippen molar-refractivity contribution in [1.29, 1.82) is 0 Å². The average molecular weight is 301 g/mol. The van der Waals surface area contributed by atoms with Gasteiger partial charge in [0.15, 0.2) is 0 Å². The van der Waals surface area contributed by atoms with Crippen LogP contribution < -0.4 is 0 Å². The second kappa shape index (κ2) is 7.65. The second-order valence-electron chi connectivity index (χ2n) is 4.62. The van der Waals surface area contributed by atoms with Crippen LogP contribution in [-0.4, -0.2) is 12.6 Å². The van der Waals surface area contributed by atoms with E-state index in [0.29, 0.717) is 18.1 Å². The molecule has 0 heterocycles. The van der Waals surface area contributed by atoms with Gasteiger partial charge in [-0.1, -0.05) is 60.1 Å². The summed E-state index contributed by atoms with van der Waals surface area (Å²) in [6, 6.07) is 17.9. The molecule has 0 aliphatic rings. The topological polar surface area (TPSA) is 26.3 Å². The molecule has 0 unspecified atom stereocenters. The van der Waals surface area contributed by atoms with Gasteiger partial charge in [-0.2, -0.15) is 0 Å². The molecule has 0 atom stereocenters. The van der Waals surface area contributed by atoms with E-state index >= 15 is 0 Å². The number of rotatable bonds is 5. The summed E-state index contributed by atoms with van der Waals surface area (Å²) in [4.78, 5) is 10.8. The standard InChI is InChI=1S/C18H17ClO2/c1-14(20)21-13-5-8-18(15-6-3-2-4-7-15)16-9-11-17(19)12-10-16/h2-4,6-12H,5,13H2,1H3/b18-8+. The predicted octanol–water partition coefficient (Wildman–Crippen LogP) is 4.72. The molecule has 0 fully saturated rings. The molecule has 0 aliphatic carbocycles. The third-order valence-electron chi connectivity index (χ3n) is 3.01. The minimum absolute atomic E-state index is 0.254. The normalized spacial score (nSPS) is 11.2. The molecule has 108 valence electrons. The number of hydrogen-bond acceptors (Lipinski definition) is 2. The Morgan fingerprint density at radius 1 is 1.05 bits per heavy atom. The third kappa shape index (κ3) is 4.76. The number of hydrogen-bond donors (Lipinski definition) is 0. The summed E-state index contributed by atoms with van der Waals surface area (Å²) in [6.07, 6.45) is 2.76. The summed E-state index contributed by atoms with van der Waals surface area (Å²) in [5, 5.41) is 0.714. The van der Waals surface area contributed by atoms with Crippen LogP contribution in [0.4, 0.5) is 0 Å². The molecule has 0 aliphatic heterocycles. The summed E-state index contributed by atoms with van der Waals surface area (Å²) in [6.45, 7) is 1.81. The molecule has 2 rings (SSSR count). The maximum atomic E-state index is 10.8. The molecule has 0 radical (unpaired) electrons. The van der Waals surface area contributed by atoms with Gasteiger partial charge in [-0.3, -0.25) is 4.79 Å². The molecule has 0 aromatic heterocycles. The van der Waals surface area contributed by atoms with Crippen LogP contribution in [0.5, 0.6) is 0 Å². The summed E-state index contributed by atoms with van der Waals surface area (Å²) in [5.74, 6) is -0.254. The lowest BCUT2D eigenvalue weighted by Crippen LogP contribution is -1.99. The van der Waals surface area contributed by atoms with Crippen LogP contribution in [0.1, 0.15) is 24.5 Å². The Hall–Kier alpha value is -2.06. The van der Waals surface area contributed by atoms with Crippen LogP contribution in [0, 0.1) is 0 Å². The van der Waals surface area contributed by atoms with Crippen LogP contribution in [0.3, 0.4) is 0 Å². The Labute approximate surface area is 130 Å². The monoisotopic (exact) mass is 300 g/mol. The molecular formula is C18H17ClO2. The maximum Gasteiger partial charge on any atom is 0.302 e. The quantitative estimate of drug-likeness (QED) is 0.589. The van der Waals surface area contributed by atoms with E-state index in [1.165, 1.54) is 6.92 Å². The maximum absolute atomic E-state index is 10.8. The smallest absolute Gasteiger partial charge is 0.302 e. The Balaban J connectivity index is 2.24. The van der Waals surface area contributed by atoms with Gasteiger partial charge in [0.25, 0.3) is 0 Å². The summed E-state index contributed by atoms with van der Waals surface area (Å²) >= 11 is 5.95. The van der Waals surface area contributed by atoms with Gasteiger partial charge in [0.1, 0.15) is 0 Å². The van der Waals surface area contributed by atoms with Gasteiger partial charge in [-0.05, 0) is 28.8 Å². The zero-order chi connectivity index (χ0) is 15.1. The molecule has 0 bridgehead atoms. The van der Waals surface area contributed by atoms with E-state index in [2.05, 4.69) is 18.2 Å². The van der Waals surface area contributed by atoms with E-state index in [4.69, 9.17) is 16.3 Å². The lowest BCUT2D eigenvalue weighted by atomic mass is 9.97. The summed E-state index contributed by atoms with van der Waals surface area (Å²) in [5.41, 5.74) is 3.33. The van der Waals surface area contributed by atoms with Gasteiger partial charge >= 0.3 is 5.97 Å². The molecule has 0 saturated heterocycles. The van der Waals surface area contributed by atoms with E-state index in [0.717, 1.165) is 16.7 Å². The highest BCUT2D eigenvalue weighted by Crippen LogP contribution is 2.25. The van der Waals surface area contributed by atoms with Crippen molar-refractivity contribution in [1.82, 2.24) is 0 Å². The zero-order valence-electron chi connectivity index (χ0n) is 11.9. The van der Waals surface area contributed by atoms with Crippen molar-refractivity contribution in [2.45, 2.75) is 13.3 Å². The van der Waals surface area contributed by atoms with Crippen molar-refractivity contribution < 1.29 is 9.53 Å². The van der Waals surface area contributed by atoms with Gasteiger partial charge in [-0.25, -0.2) is 0 Å². The first-order valence-corrected chi connectivity index (χ1v) is 7.19. The van der Waals surface area contributed by atoms with Crippen molar-refractivity contribution in [2.24, 2.45) is 0 Å². The SMILES string of the molecule is CC(=O)OCC/C=C(\c1ccccc1)c1ccc(Cl)cc1. The van der Waals surface area contributed by atoms with Crippen LogP contribution in [0.15, 0.2) is 60.7 Å². The van der Waals surface area contributed by atoms with E-state index in [9.17, 15) is 4.79 Å². The van der Waals surface area contributed by atoms with Crippen LogP contribution in [0.25, 0.3) is 5.57 Å². The first-order chi connectivity index (χ1) is 10.2. The van der Waals surface area contributed by atoms with Crippen molar-refractivity contribution >= 4 is 23.1 Å². The average Bonchev–Trinajstić information content (AvgIpc) is 2.49. The first kappa shape index (κ1) is 15.3. The van der Waals surface area contributed by atoms with E-state index in [-0.39, 0.29) is 5.97 Å². The summed E-state index contributed by atoms with van der Waals surface area (Å²) in [7, 11) is 0. The predicted molar refractivity (Wildman–Crippen MR) is 86.2 cm³/mol. The highest BCUT2D eigenvalue weighted by atomic mass is 35.5. The van der Waals surface area contributed by atoms with Gasteiger partial charge in [0.05, 0.1) is 6.61 Å². The minimum atomic E-state index is -0.254. The fourth-order valence-electron chi connectivity index (χ4n) is 2.06. The van der Waals surface area contributed by atoms with Gasteiger partial charge < -0.3 is 4.74 Å². The van der Waals surface area contributed by atoms with Crippen molar-refractivity contribution in [3.8, 4) is 0 Å². The Bertz CT molecular complexity index is 615. The van der Waals surface area contributed by atoms with Gasteiger partial charge in [0.2, 0.25) is 0 Å². The fraction of sp³-hybridized carbons (Fsp3) is 0.167. The van der Waals surface area contributed by atoms with E-state index < -0.39 is 0 Å². The molecule has 0 N–H and O–H groups in total. The van der Waals surface area contributed by atoms with Crippen molar-refractivity contribution in [3.05, 3.63) is 76.8 Å². The summed E-state index contributed by atoms with van der Waals surface area (Å²) < 4.78 is 4.98. The lowest BCUT2D eigenvalue weighted by Gasteiger charge is -2.09. The van der Waals surface area contributed by atoms with Crippen molar-refractivity contribution in [2.75, 3.05) is 6.61 Å². The number of carbonyl (C=O) groups excluding carboxylic acids is 1. The van der Waals surface area contributed by atoms with E-state index in [1.54, 1.807) is 0 Å². The zero-order valence-corrected chi connectivity index (χ0v) is 12.6. The molecular weight excluding hydrogens is 284 g/mol. The molecule has 0 saturated carbocycles.